The van der Waals surface area contributed by atoms with Crippen molar-refractivity contribution in [2.75, 3.05) is 21.3 Å². The molecule has 0 N–H and O–H groups in total. The highest BCUT2D eigenvalue weighted by Gasteiger charge is 2.22. The molecule has 322 valence electrons. The predicted octanol–water partition coefficient (Wildman–Crippen LogP) is 8.39. The summed E-state index contributed by atoms with van der Waals surface area (Å²) in [5, 5.41) is 1.57. The smallest absolute Gasteiger partial charge is 0.326 e. The molecule has 1 atom stereocenters. The highest BCUT2D eigenvalue weighted by molar-refractivity contribution is 7.57. The summed E-state index contributed by atoms with van der Waals surface area (Å²) in [5.74, 6) is 0.156. The zero-order chi connectivity index (χ0) is 44.7. The molecule has 6 aromatic rings. The Morgan fingerprint density at radius 2 is 0.619 bits per heavy atom. The minimum atomic E-state index is -1.72. The SMILES string of the molecule is COC(=O)Cc1ccc(OP(Oc2ccc(CC(=O)OC)cc2)c2ccc(-c3ccc(P(Oc4ccc(CC(=O)OC)cc4)Oc4ccc(CC(=O)C(C)=O)cc4)cc3)cc2)cc1. The summed E-state index contributed by atoms with van der Waals surface area (Å²) in [4.78, 5) is 58.9. The fraction of sp³-hybridized carbons (Fsp3) is 0.163. The first-order valence-corrected chi connectivity index (χ1v) is 22.0. The van der Waals surface area contributed by atoms with Crippen LogP contribution in [0.15, 0.2) is 146 Å². The van der Waals surface area contributed by atoms with Gasteiger partial charge in [0, 0.05) is 13.3 Å². The monoisotopic (exact) mass is 886 g/mol. The summed E-state index contributed by atoms with van der Waals surface area (Å²) in [5.41, 5.74) is 4.88. The van der Waals surface area contributed by atoms with Gasteiger partial charge in [-0.05, 0) is 106 Å². The normalized spacial score (nSPS) is 11.2. The van der Waals surface area contributed by atoms with E-state index in [1.807, 2.05) is 48.5 Å². The summed E-state index contributed by atoms with van der Waals surface area (Å²) in [6.07, 6.45) is 0.412. The second kappa shape index (κ2) is 22.3. The van der Waals surface area contributed by atoms with Gasteiger partial charge in [-0.1, -0.05) is 72.8 Å². The van der Waals surface area contributed by atoms with Gasteiger partial charge in [0.1, 0.15) is 23.0 Å². The van der Waals surface area contributed by atoms with Crippen molar-refractivity contribution in [3.8, 4) is 34.1 Å². The van der Waals surface area contributed by atoms with Crippen LogP contribution in [0.1, 0.15) is 29.2 Å². The van der Waals surface area contributed by atoms with E-state index in [9.17, 15) is 24.0 Å². The largest absolute Gasteiger partial charge is 0.469 e. The summed E-state index contributed by atoms with van der Waals surface area (Å²) in [6, 6.07) is 44.1. The van der Waals surface area contributed by atoms with Crippen molar-refractivity contribution in [2.24, 2.45) is 0 Å². The Morgan fingerprint density at radius 3 is 0.857 bits per heavy atom. The Bertz CT molecular complexity index is 2430. The van der Waals surface area contributed by atoms with Crippen molar-refractivity contribution in [2.45, 2.75) is 32.6 Å². The van der Waals surface area contributed by atoms with E-state index in [1.54, 1.807) is 97.1 Å². The minimum absolute atomic E-state index is 0.00401. The lowest BCUT2D eigenvalue weighted by molar-refractivity contribution is -0.140. The van der Waals surface area contributed by atoms with Crippen LogP contribution < -0.4 is 28.7 Å². The van der Waals surface area contributed by atoms with Gasteiger partial charge in [0.15, 0.2) is 5.78 Å². The van der Waals surface area contributed by atoms with Gasteiger partial charge in [-0.25, -0.2) is 0 Å². The number of ether oxygens (including phenoxy) is 3. The number of carbonyl (C=O) groups is 5. The topological polar surface area (TPSA) is 150 Å². The lowest BCUT2D eigenvalue weighted by atomic mass is 10.1. The van der Waals surface area contributed by atoms with Crippen LogP contribution in [-0.2, 0) is 63.9 Å². The fourth-order valence-electron chi connectivity index (χ4n) is 5.88. The van der Waals surface area contributed by atoms with Gasteiger partial charge in [0.05, 0.1) is 51.2 Å². The van der Waals surface area contributed by atoms with Gasteiger partial charge in [-0.15, -0.1) is 0 Å². The van der Waals surface area contributed by atoms with Crippen LogP contribution in [0, 0.1) is 0 Å². The lowest BCUT2D eigenvalue weighted by Gasteiger charge is -2.20. The first-order valence-electron chi connectivity index (χ1n) is 19.6. The third-order valence-electron chi connectivity index (χ3n) is 9.42. The first kappa shape index (κ1) is 45.7. The Kier molecular flexibility index (Phi) is 16.2. The number of esters is 3. The van der Waals surface area contributed by atoms with E-state index in [4.69, 9.17) is 32.3 Å². The van der Waals surface area contributed by atoms with Crippen LogP contribution in [0.2, 0.25) is 0 Å². The quantitative estimate of drug-likeness (QED) is 0.0314. The molecule has 0 aliphatic carbocycles. The summed E-state index contributed by atoms with van der Waals surface area (Å²) >= 11 is 0. The number of hydrogen-bond donors (Lipinski definition) is 0. The highest BCUT2D eigenvalue weighted by Crippen LogP contribution is 2.42. The Balaban J connectivity index is 1.22. The molecular weight excluding hydrogens is 842 g/mol. The van der Waals surface area contributed by atoms with Gasteiger partial charge in [0.2, 0.25) is 5.78 Å². The van der Waals surface area contributed by atoms with Gasteiger partial charge in [-0.3, -0.25) is 24.0 Å². The number of Topliss-reactive ketones (excluding diaryl/α,β-unsaturated/α-hetero) is 2. The molecule has 63 heavy (non-hydrogen) atoms. The molecule has 0 bridgehead atoms. The molecule has 0 saturated carbocycles. The van der Waals surface area contributed by atoms with Gasteiger partial charge >= 0.3 is 34.7 Å². The molecule has 0 saturated heterocycles. The van der Waals surface area contributed by atoms with Crippen molar-refractivity contribution in [3.05, 3.63) is 168 Å². The van der Waals surface area contributed by atoms with Crippen molar-refractivity contribution >= 4 is 56.8 Å². The molecule has 0 amide bonds. The molecule has 0 spiro atoms. The summed E-state index contributed by atoms with van der Waals surface area (Å²) in [6.45, 7) is 1.26. The van der Waals surface area contributed by atoms with Gasteiger partial charge in [0.25, 0.3) is 0 Å². The van der Waals surface area contributed by atoms with Crippen molar-refractivity contribution in [1.29, 1.82) is 0 Å². The molecule has 6 aromatic carbocycles. The number of methoxy groups -OCH3 is 3. The third kappa shape index (κ3) is 13.6. The Hall–Kier alpha value is -6.87. The molecule has 12 nitrogen and oxygen atoms in total. The van der Waals surface area contributed by atoms with Gasteiger partial charge < -0.3 is 32.3 Å². The zero-order valence-corrected chi connectivity index (χ0v) is 36.8. The molecule has 14 heteroatoms. The maximum absolute atomic E-state index is 12.0. The second-order valence-corrected chi connectivity index (χ2v) is 16.8. The number of ketones is 2. The van der Waals surface area contributed by atoms with Gasteiger partial charge in [-0.2, -0.15) is 0 Å². The predicted molar refractivity (Wildman–Crippen MR) is 240 cm³/mol. The van der Waals surface area contributed by atoms with Crippen molar-refractivity contribution in [3.63, 3.8) is 0 Å². The van der Waals surface area contributed by atoms with Crippen LogP contribution in [0.5, 0.6) is 23.0 Å². The highest BCUT2D eigenvalue weighted by atomic mass is 31.2. The summed E-state index contributed by atoms with van der Waals surface area (Å²) < 4.78 is 40.1. The lowest BCUT2D eigenvalue weighted by Crippen LogP contribution is -2.12. The summed E-state index contributed by atoms with van der Waals surface area (Å²) in [7, 11) is 0.626. The zero-order valence-electron chi connectivity index (χ0n) is 35.0. The Morgan fingerprint density at radius 1 is 0.365 bits per heavy atom. The first-order chi connectivity index (χ1) is 30.5. The molecule has 1 unspecified atom stereocenters. The van der Waals surface area contributed by atoms with E-state index in [0.29, 0.717) is 28.6 Å². The van der Waals surface area contributed by atoms with Crippen LogP contribution in [0.3, 0.4) is 0 Å². The molecular formula is C49H44O12P2. The molecule has 0 aliphatic heterocycles. The average Bonchev–Trinajstić information content (AvgIpc) is 3.31. The average molecular weight is 887 g/mol. The van der Waals surface area contributed by atoms with E-state index >= 15 is 0 Å². The van der Waals surface area contributed by atoms with E-state index in [1.165, 1.54) is 28.3 Å². The Labute approximate surface area is 367 Å². The standard InChI is InChI=1S/C49H44O12P2/c1-33(50)46(51)29-34-5-17-40(18-6-34)58-62(59-41-19-7-35(8-20-41)30-47(52)55-2)44-25-13-38(14-26-44)39-15-27-45(28-16-39)63(60-42-21-9-36(10-22-42)31-48(53)56-3)61-43-23-11-37(12-24-43)32-49(54)57-4/h5-28H,29-32H2,1-4H3. The number of carbonyl (C=O) groups excluding carboxylic acids is 5. The van der Waals surface area contributed by atoms with Crippen LogP contribution in [0.25, 0.3) is 11.1 Å². The number of rotatable bonds is 20. The molecule has 0 fully saturated rings. The van der Waals surface area contributed by atoms with E-state index in [0.717, 1.165) is 38.4 Å². The van der Waals surface area contributed by atoms with Crippen LogP contribution in [0.4, 0.5) is 0 Å². The fourth-order valence-corrected chi connectivity index (χ4v) is 8.42. The minimum Gasteiger partial charge on any atom is -0.469 e. The van der Waals surface area contributed by atoms with Crippen molar-refractivity contribution < 1.29 is 56.3 Å². The van der Waals surface area contributed by atoms with E-state index < -0.39 is 28.3 Å². The molecule has 0 radical (unpaired) electrons. The third-order valence-corrected chi connectivity index (χ3v) is 12.4. The van der Waals surface area contributed by atoms with E-state index in [2.05, 4.69) is 0 Å². The molecule has 0 heterocycles. The maximum Gasteiger partial charge on any atom is 0.326 e. The maximum atomic E-state index is 12.0. The number of hydrogen-bond acceptors (Lipinski definition) is 12. The molecule has 0 aliphatic rings. The van der Waals surface area contributed by atoms with Crippen molar-refractivity contribution in [1.82, 2.24) is 0 Å². The van der Waals surface area contributed by atoms with E-state index in [-0.39, 0.29) is 43.6 Å². The van der Waals surface area contributed by atoms with Crippen LogP contribution in [-0.4, -0.2) is 50.8 Å². The van der Waals surface area contributed by atoms with Crippen LogP contribution >= 0.6 is 16.8 Å². The molecule has 6 rings (SSSR count). The molecule has 0 aromatic heterocycles. The second-order valence-electron chi connectivity index (χ2n) is 14.0. The number of benzene rings is 6.